The van der Waals surface area contributed by atoms with Gasteiger partial charge in [-0.2, -0.15) is 5.10 Å². The predicted molar refractivity (Wildman–Crippen MR) is 129 cm³/mol. The van der Waals surface area contributed by atoms with Crippen LogP contribution in [0.25, 0.3) is 10.6 Å². The minimum Gasteiger partial charge on any atom is -0.381 e. The maximum Gasteiger partial charge on any atom is 0.275 e. The Morgan fingerprint density at radius 1 is 1.12 bits per heavy atom. The van der Waals surface area contributed by atoms with Crippen LogP contribution in [0.4, 0.5) is 5.69 Å². The number of aromatic nitrogens is 4. The minimum atomic E-state index is -0.347. The number of anilines is 1. The number of hydrogen-bond donors (Lipinski definition) is 2. The molecule has 0 saturated carbocycles. The molecule has 1 fully saturated rings. The molecule has 1 saturated heterocycles. The van der Waals surface area contributed by atoms with Gasteiger partial charge in [0.1, 0.15) is 10.7 Å². The number of carbonyl (C=O) groups is 2. The molecule has 34 heavy (non-hydrogen) atoms. The van der Waals surface area contributed by atoms with Gasteiger partial charge in [0, 0.05) is 48.7 Å². The second-order valence-electron chi connectivity index (χ2n) is 8.62. The molecule has 9 nitrogen and oxygen atoms in total. The Hall–Kier alpha value is -2.95. The van der Waals surface area contributed by atoms with Crippen LogP contribution in [0.5, 0.6) is 0 Å². The van der Waals surface area contributed by atoms with Crippen molar-refractivity contribution in [2.24, 2.45) is 0 Å². The van der Waals surface area contributed by atoms with Crippen LogP contribution in [-0.4, -0.2) is 57.7 Å². The first-order chi connectivity index (χ1) is 16.7. The molecule has 5 rings (SSSR count). The Labute approximate surface area is 202 Å². The zero-order chi connectivity index (χ0) is 23.3. The average molecular weight is 481 g/mol. The van der Waals surface area contributed by atoms with E-state index in [9.17, 15) is 9.59 Å². The summed E-state index contributed by atoms with van der Waals surface area (Å²) in [6.07, 6.45) is 8.11. The highest BCUT2D eigenvalue weighted by Crippen LogP contribution is 2.27. The Bertz CT molecular complexity index is 1170. The van der Waals surface area contributed by atoms with E-state index >= 15 is 0 Å². The van der Waals surface area contributed by atoms with Crippen molar-refractivity contribution in [3.63, 3.8) is 0 Å². The molecule has 0 aromatic carbocycles. The summed E-state index contributed by atoms with van der Waals surface area (Å²) >= 11 is 1.42. The molecule has 3 aromatic heterocycles. The van der Waals surface area contributed by atoms with Crippen molar-refractivity contribution in [3.8, 4) is 10.6 Å². The standard InChI is InChI=1S/C24H28N6O3S/c31-21-4-2-9-25-8-1-3-17-13-16(5-10-26-17)24-28-20(15-34-24)23(32)27-19-14-30(29-22(19)21)18-6-11-33-12-7-18/h5,10,13-15,18,25H,1-4,6-9,11-12H2,(H,27,32). The molecule has 0 aliphatic carbocycles. The van der Waals surface area contributed by atoms with Crippen LogP contribution in [0.15, 0.2) is 29.9 Å². The van der Waals surface area contributed by atoms with Gasteiger partial charge in [-0.25, -0.2) is 4.98 Å². The van der Waals surface area contributed by atoms with Gasteiger partial charge in [0.05, 0.1) is 11.7 Å². The third-order valence-corrected chi connectivity index (χ3v) is 7.04. The first-order valence-corrected chi connectivity index (χ1v) is 12.7. The van der Waals surface area contributed by atoms with E-state index < -0.39 is 0 Å². The second kappa shape index (κ2) is 10.5. The smallest absolute Gasteiger partial charge is 0.275 e. The first-order valence-electron chi connectivity index (χ1n) is 11.8. The zero-order valence-corrected chi connectivity index (χ0v) is 19.8. The molecular formula is C24H28N6O3S. The summed E-state index contributed by atoms with van der Waals surface area (Å²) in [6, 6.07) is 4.11. The van der Waals surface area contributed by atoms with Gasteiger partial charge in [-0.15, -0.1) is 11.3 Å². The van der Waals surface area contributed by atoms with Crippen molar-refractivity contribution in [3.05, 3.63) is 47.0 Å². The van der Waals surface area contributed by atoms with Crippen LogP contribution in [0.2, 0.25) is 0 Å². The summed E-state index contributed by atoms with van der Waals surface area (Å²) in [4.78, 5) is 35.1. The number of Topliss-reactive ketones (excluding diaryl/α,β-unsaturated/α-hetero) is 1. The third-order valence-electron chi connectivity index (χ3n) is 6.15. The topological polar surface area (TPSA) is 111 Å². The van der Waals surface area contributed by atoms with Crippen molar-refractivity contribution >= 4 is 28.7 Å². The molecule has 2 aliphatic rings. The van der Waals surface area contributed by atoms with Crippen molar-refractivity contribution in [2.75, 3.05) is 31.6 Å². The van der Waals surface area contributed by atoms with E-state index in [1.54, 1.807) is 17.8 Å². The highest BCUT2D eigenvalue weighted by atomic mass is 32.1. The fraction of sp³-hybridized carbons (Fsp3) is 0.458. The fourth-order valence-corrected chi connectivity index (χ4v) is 5.08. The average Bonchev–Trinajstić information content (AvgIpc) is 3.52. The Balaban J connectivity index is 1.44. The molecule has 2 N–H and O–H groups in total. The summed E-state index contributed by atoms with van der Waals surface area (Å²) in [6.45, 7) is 2.95. The number of pyridine rings is 1. The second-order valence-corrected chi connectivity index (χ2v) is 9.48. The summed E-state index contributed by atoms with van der Waals surface area (Å²) < 4.78 is 7.28. The quantitative estimate of drug-likeness (QED) is 0.548. The number of rotatable bonds is 1. The number of carbonyl (C=O) groups excluding carboxylic acids is 2. The van der Waals surface area contributed by atoms with E-state index in [-0.39, 0.29) is 17.7 Å². The summed E-state index contributed by atoms with van der Waals surface area (Å²) in [5, 5.41) is 13.4. The van der Waals surface area contributed by atoms with Crippen molar-refractivity contribution in [1.82, 2.24) is 25.1 Å². The van der Waals surface area contributed by atoms with E-state index in [2.05, 4.69) is 25.7 Å². The van der Waals surface area contributed by atoms with E-state index in [0.29, 0.717) is 43.1 Å². The SMILES string of the molecule is O=C1Nc2cn(C3CCOCC3)nc2C(=O)CCCNCCCc2cc(ccn2)-c2nc1cs2. The zero-order valence-electron chi connectivity index (χ0n) is 19.0. The molecule has 4 bridgehead atoms. The number of aryl methyl sites for hydroxylation is 1. The Morgan fingerprint density at radius 3 is 2.79 bits per heavy atom. The number of nitrogens with one attached hydrogen (secondary N) is 2. The molecule has 0 radical (unpaired) electrons. The van der Waals surface area contributed by atoms with E-state index in [1.165, 1.54) is 11.3 Å². The van der Waals surface area contributed by atoms with Gasteiger partial charge in [-0.05, 0) is 57.3 Å². The lowest BCUT2D eigenvalue weighted by Crippen LogP contribution is -2.20. The molecule has 0 atom stereocenters. The number of fused-ring (bicyclic) bond motifs is 6. The number of hydrogen-bond acceptors (Lipinski definition) is 8. The number of amides is 1. The largest absolute Gasteiger partial charge is 0.381 e. The van der Waals surface area contributed by atoms with Crippen LogP contribution < -0.4 is 10.6 Å². The molecule has 0 spiro atoms. The summed E-state index contributed by atoms with van der Waals surface area (Å²) in [5.74, 6) is -0.415. The molecule has 3 aromatic rings. The van der Waals surface area contributed by atoms with Gasteiger partial charge in [0.15, 0.2) is 11.5 Å². The maximum atomic E-state index is 13.1. The van der Waals surface area contributed by atoms with Crippen LogP contribution in [0, 0.1) is 0 Å². The van der Waals surface area contributed by atoms with Crippen LogP contribution >= 0.6 is 11.3 Å². The minimum absolute atomic E-state index is 0.0674. The van der Waals surface area contributed by atoms with Gasteiger partial charge in [0.25, 0.3) is 5.91 Å². The summed E-state index contributed by atoms with van der Waals surface area (Å²) in [5.41, 5.74) is 3.03. The van der Waals surface area contributed by atoms with Crippen LogP contribution in [0.3, 0.4) is 0 Å². The molecule has 0 unspecified atom stereocenters. The molecule has 10 heteroatoms. The fourth-order valence-electron chi connectivity index (χ4n) is 4.28. The lowest BCUT2D eigenvalue weighted by atomic mass is 10.1. The van der Waals surface area contributed by atoms with E-state index in [4.69, 9.17) is 4.74 Å². The molecular weight excluding hydrogens is 452 g/mol. The van der Waals surface area contributed by atoms with Crippen LogP contribution in [0.1, 0.15) is 64.8 Å². The number of nitrogens with zero attached hydrogens (tertiary/aromatic N) is 4. The van der Waals surface area contributed by atoms with Crippen molar-refractivity contribution in [1.29, 1.82) is 0 Å². The Kier molecular flexibility index (Phi) is 7.08. The maximum absolute atomic E-state index is 13.1. The lowest BCUT2D eigenvalue weighted by Gasteiger charge is -2.22. The molecule has 178 valence electrons. The highest BCUT2D eigenvalue weighted by molar-refractivity contribution is 7.13. The molecule has 5 heterocycles. The van der Waals surface area contributed by atoms with Gasteiger partial charge in [-0.3, -0.25) is 19.3 Å². The van der Waals surface area contributed by atoms with Gasteiger partial charge in [0.2, 0.25) is 0 Å². The Morgan fingerprint density at radius 2 is 1.94 bits per heavy atom. The van der Waals surface area contributed by atoms with Crippen molar-refractivity contribution < 1.29 is 14.3 Å². The highest BCUT2D eigenvalue weighted by Gasteiger charge is 2.24. The number of ketones is 1. The first kappa shape index (κ1) is 22.8. The monoisotopic (exact) mass is 480 g/mol. The summed E-state index contributed by atoms with van der Waals surface area (Å²) in [7, 11) is 0. The van der Waals surface area contributed by atoms with Gasteiger partial charge >= 0.3 is 0 Å². The van der Waals surface area contributed by atoms with Crippen LogP contribution in [-0.2, 0) is 11.2 Å². The van der Waals surface area contributed by atoms with E-state index in [1.807, 2.05) is 16.8 Å². The van der Waals surface area contributed by atoms with Gasteiger partial charge in [-0.1, -0.05) is 0 Å². The molecule has 2 aliphatic heterocycles. The van der Waals surface area contributed by atoms with Crippen molar-refractivity contribution in [2.45, 2.75) is 44.6 Å². The lowest BCUT2D eigenvalue weighted by molar-refractivity contribution is 0.0660. The number of thiazole rings is 1. The third kappa shape index (κ3) is 5.24. The predicted octanol–water partition coefficient (Wildman–Crippen LogP) is 3.50. The molecule has 1 amide bonds. The normalized spacial score (nSPS) is 18.6. The van der Waals surface area contributed by atoms with Gasteiger partial charge < -0.3 is 15.4 Å². The number of ether oxygens (including phenoxy) is 1. The van der Waals surface area contributed by atoms with E-state index in [0.717, 1.165) is 55.0 Å².